The lowest BCUT2D eigenvalue weighted by Gasteiger charge is -2.05. The van der Waals surface area contributed by atoms with Crippen LogP contribution in [-0.4, -0.2) is 28.2 Å². The van der Waals surface area contributed by atoms with Crippen molar-refractivity contribution in [3.05, 3.63) is 66.2 Å². The molecule has 0 bridgehead atoms. The lowest BCUT2D eigenvalue weighted by Crippen LogP contribution is -2.14. The van der Waals surface area contributed by atoms with Gasteiger partial charge in [0.25, 0.3) is 16.0 Å². The second kappa shape index (κ2) is 6.79. The zero-order valence-corrected chi connectivity index (χ0v) is 13.9. The second-order valence-corrected chi connectivity index (χ2v) is 6.87. The van der Waals surface area contributed by atoms with Crippen molar-refractivity contribution in [2.75, 3.05) is 4.72 Å². The van der Waals surface area contributed by atoms with Crippen LogP contribution >= 0.6 is 0 Å². The maximum absolute atomic E-state index is 12.4. The fraction of sp³-hybridized carbons (Fsp3) is 0.188. The van der Waals surface area contributed by atoms with Crippen LogP contribution in [0, 0.1) is 0 Å². The van der Waals surface area contributed by atoms with Gasteiger partial charge in [-0.15, -0.1) is 5.10 Å². The predicted molar refractivity (Wildman–Crippen MR) is 90.0 cm³/mol. The number of nitrogens with one attached hydrogen (secondary N) is 1. The van der Waals surface area contributed by atoms with E-state index in [2.05, 4.69) is 19.8 Å². The maximum Gasteiger partial charge on any atom is 0.264 e. The summed E-state index contributed by atoms with van der Waals surface area (Å²) in [5.41, 5.74) is 1.89. The Labute approximate surface area is 140 Å². The maximum atomic E-state index is 12.4. The summed E-state index contributed by atoms with van der Waals surface area (Å²) in [5, 5.41) is 4.13. The van der Waals surface area contributed by atoms with Gasteiger partial charge in [0.2, 0.25) is 0 Å². The summed E-state index contributed by atoms with van der Waals surface area (Å²) >= 11 is 0. The Morgan fingerprint density at radius 3 is 2.54 bits per heavy atom. The molecule has 0 amide bonds. The lowest BCUT2D eigenvalue weighted by molar-refractivity contribution is 0.600. The van der Waals surface area contributed by atoms with E-state index in [0.29, 0.717) is 6.54 Å². The van der Waals surface area contributed by atoms with Crippen LogP contribution in [0.15, 0.2) is 59.9 Å². The van der Waals surface area contributed by atoms with Crippen LogP contribution in [0.25, 0.3) is 0 Å². The molecule has 0 aliphatic rings. The monoisotopic (exact) mass is 343 g/mol. The van der Waals surface area contributed by atoms with Gasteiger partial charge in [-0.1, -0.05) is 25.1 Å². The summed E-state index contributed by atoms with van der Waals surface area (Å²) in [6.45, 7) is 2.43. The minimum atomic E-state index is -3.70. The number of hydrogen-bond acceptors (Lipinski definition) is 5. The van der Waals surface area contributed by atoms with Crippen molar-refractivity contribution in [1.29, 1.82) is 0 Å². The Hall–Kier alpha value is -2.74. The van der Waals surface area contributed by atoms with Gasteiger partial charge in [0.1, 0.15) is 6.33 Å². The van der Waals surface area contributed by atoms with E-state index in [1.165, 1.54) is 11.0 Å². The van der Waals surface area contributed by atoms with E-state index in [9.17, 15) is 8.42 Å². The molecular weight excluding hydrogens is 326 g/mol. The van der Waals surface area contributed by atoms with Gasteiger partial charge in [-0.05, 0) is 36.2 Å². The van der Waals surface area contributed by atoms with Crippen LogP contribution in [0.3, 0.4) is 0 Å². The zero-order chi connectivity index (χ0) is 17.0. The number of pyridine rings is 1. The number of nitrogens with zero attached hydrogens (tertiary/aromatic N) is 4. The van der Waals surface area contributed by atoms with Crippen molar-refractivity contribution in [3.63, 3.8) is 0 Å². The van der Waals surface area contributed by atoms with Gasteiger partial charge in [-0.25, -0.2) is 17.8 Å². The summed E-state index contributed by atoms with van der Waals surface area (Å²) in [6.07, 6.45) is 4.01. The summed E-state index contributed by atoms with van der Waals surface area (Å²) in [6, 6.07) is 12.3. The number of aryl methyl sites for hydroxylation is 1. The molecule has 0 saturated carbocycles. The second-order valence-electron chi connectivity index (χ2n) is 5.19. The van der Waals surface area contributed by atoms with Gasteiger partial charge in [-0.3, -0.25) is 4.98 Å². The van der Waals surface area contributed by atoms with Gasteiger partial charge in [0.15, 0.2) is 0 Å². The molecule has 2 heterocycles. The lowest BCUT2D eigenvalue weighted by atomic mass is 10.2. The molecular formula is C16H17N5O2S. The SMILES string of the molecule is CCc1ccc(S(=O)(=O)Nc2ncn(Cc3ccccn3)n2)cc1. The van der Waals surface area contributed by atoms with Gasteiger partial charge in [0.05, 0.1) is 17.1 Å². The van der Waals surface area contributed by atoms with E-state index >= 15 is 0 Å². The molecule has 124 valence electrons. The minimum Gasteiger partial charge on any atom is -0.259 e. The van der Waals surface area contributed by atoms with Crippen LogP contribution < -0.4 is 4.72 Å². The largest absolute Gasteiger partial charge is 0.264 e. The Kier molecular flexibility index (Phi) is 4.57. The van der Waals surface area contributed by atoms with Crippen LogP contribution in [0.4, 0.5) is 5.95 Å². The summed E-state index contributed by atoms with van der Waals surface area (Å²) in [7, 11) is -3.70. The highest BCUT2D eigenvalue weighted by atomic mass is 32.2. The van der Waals surface area contributed by atoms with Crippen molar-refractivity contribution in [3.8, 4) is 0 Å². The van der Waals surface area contributed by atoms with E-state index in [1.54, 1.807) is 30.5 Å². The predicted octanol–water partition coefficient (Wildman–Crippen LogP) is 2.08. The van der Waals surface area contributed by atoms with E-state index in [4.69, 9.17) is 0 Å². The molecule has 3 rings (SSSR count). The molecule has 0 unspecified atom stereocenters. The first-order valence-corrected chi connectivity index (χ1v) is 8.96. The van der Waals surface area contributed by atoms with Gasteiger partial charge in [0, 0.05) is 6.20 Å². The van der Waals surface area contributed by atoms with Gasteiger partial charge >= 0.3 is 0 Å². The zero-order valence-electron chi connectivity index (χ0n) is 13.1. The van der Waals surface area contributed by atoms with Crippen LogP contribution in [-0.2, 0) is 23.0 Å². The Balaban J connectivity index is 1.73. The molecule has 24 heavy (non-hydrogen) atoms. The molecule has 1 aromatic carbocycles. The van der Waals surface area contributed by atoms with E-state index in [0.717, 1.165) is 17.7 Å². The van der Waals surface area contributed by atoms with Crippen LogP contribution in [0.1, 0.15) is 18.2 Å². The molecule has 0 radical (unpaired) electrons. The first kappa shape index (κ1) is 16.1. The van der Waals surface area contributed by atoms with Crippen LogP contribution in [0.5, 0.6) is 0 Å². The van der Waals surface area contributed by atoms with Crippen molar-refractivity contribution < 1.29 is 8.42 Å². The third kappa shape index (κ3) is 3.77. The molecule has 3 aromatic rings. The highest BCUT2D eigenvalue weighted by molar-refractivity contribution is 7.92. The van der Waals surface area contributed by atoms with Gasteiger partial charge < -0.3 is 0 Å². The Bertz CT molecular complexity index is 905. The normalized spacial score (nSPS) is 11.4. The smallest absolute Gasteiger partial charge is 0.259 e. The van der Waals surface area contributed by atoms with E-state index in [-0.39, 0.29) is 10.8 Å². The number of hydrogen-bond donors (Lipinski definition) is 1. The molecule has 0 aliphatic carbocycles. The molecule has 2 aromatic heterocycles. The van der Waals surface area contributed by atoms with E-state index < -0.39 is 10.0 Å². The molecule has 0 saturated heterocycles. The number of sulfonamides is 1. The molecule has 1 N–H and O–H groups in total. The summed E-state index contributed by atoms with van der Waals surface area (Å²) in [5.74, 6) is 0.0329. The first-order chi connectivity index (χ1) is 11.6. The third-order valence-corrected chi connectivity index (χ3v) is 4.80. The quantitative estimate of drug-likeness (QED) is 0.740. The van der Waals surface area contributed by atoms with Gasteiger partial charge in [-0.2, -0.15) is 4.98 Å². The number of rotatable bonds is 6. The molecule has 8 heteroatoms. The number of benzene rings is 1. The minimum absolute atomic E-state index is 0.0329. The highest BCUT2D eigenvalue weighted by Crippen LogP contribution is 2.14. The van der Waals surface area contributed by atoms with Crippen molar-refractivity contribution >= 4 is 16.0 Å². The highest BCUT2D eigenvalue weighted by Gasteiger charge is 2.16. The summed E-state index contributed by atoms with van der Waals surface area (Å²) in [4.78, 5) is 8.37. The fourth-order valence-electron chi connectivity index (χ4n) is 2.16. The molecule has 0 spiro atoms. The standard InChI is InChI=1S/C16H17N5O2S/c1-2-13-6-8-15(9-7-13)24(22,23)20-16-18-12-21(19-16)11-14-5-3-4-10-17-14/h3-10,12H,2,11H2,1H3,(H,19,20). The average molecular weight is 343 g/mol. The van der Waals surface area contributed by atoms with Crippen LogP contribution in [0.2, 0.25) is 0 Å². The molecule has 0 aliphatic heterocycles. The summed E-state index contributed by atoms with van der Waals surface area (Å²) < 4.78 is 28.6. The van der Waals surface area contributed by atoms with E-state index in [1.807, 2.05) is 25.1 Å². The first-order valence-electron chi connectivity index (χ1n) is 7.48. The fourth-order valence-corrected chi connectivity index (χ4v) is 3.10. The average Bonchev–Trinajstić information content (AvgIpc) is 3.02. The molecule has 0 fully saturated rings. The Morgan fingerprint density at radius 1 is 1.08 bits per heavy atom. The number of anilines is 1. The van der Waals surface area contributed by atoms with Crippen molar-refractivity contribution in [2.45, 2.75) is 24.8 Å². The molecule has 7 nitrogen and oxygen atoms in total. The number of aromatic nitrogens is 4. The van der Waals surface area contributed by atoms with Crippen molar-refractivity contribution in [2.24, 2.45) is 0 Å². The third-order valence-electron chi connectivity index (χ3n) is 3.45. The molecule has 0 atom stereocenters. The topological polar surface area (TPSA) is 89.8 Å². The van der Waals surface area contributed by atoms with Crippen molar-refractivity contribution in [1.82, 2.24) is 19.7 Å². The Morgan fingerprint density at radius 2 is 1.88 bits per heavy atom.